The van der Waals surface area contributed by atoms with E-state index in [1.165, 1.54) is 6.33 Å². The summed E-state index contributed by atoms with van der Waals surface area (Å²) in [6.07, 6.45) is 0.824. The number of β-amino-alcohol motifs (C(OH)–C–C–N with tert-alkyl or cyclic N) is 1. The lowest BCUT2D eigenvalue weighted by Crippen LogP contribution is -2.53. The minimum absolute atomic E-state index is 0.0944. The number of aromatic hydroxyl groups is 1. The van der Waals surface area contributed by atoms with Gasteiger partial charge in [0.1, 0.15) is 5.69 Å². The molecule has 4 rings (SSSR count). The summed E-state index contributed by atoms with van der Waals surface area (Å²) in [7, 11) is 0. The first-order valence-corrected chi connectivity index (χ1v) is 10.2. The maximum atomic E-state index is 12.2. The molecule has 2 heterocycles. The molecule has 0 saturated carbocycles. The van der Waals surface area contributed by atoms with E-state index in [4.69, 9.17) is 0 Å². The number of H-pyrrole nitrogens is 1. The van der Waals surface area contributed by atoms with Crippen LogP contribution in [0.2, 0.25) is 0 Å². The van der Waals surface area contributed by atoms with E-state index >= 15 is 0 Å². The van der Waals surface area contributed by atoms with Crippen molar-refractivity contribution in [3.63, 3.8) is 0 Å². The standard InChI is InChI=1S/C25H20N4O4/c30-21-14-29(15-21)25(33)19-9-5-17(6-10-19)3-1-2-4-18-7-11-20(12-8-18)26-13-22-23(31)24(32)28-16-27-22/h5-12,16,21,26,30-31H,13-15H2,(H,27,28,32). The van der Waals surface area contributed by atoms with Crippen LogP contribution in [0.3, 0.4) is 0 Å². The highest BCUT2D eigenvalue weighted by molar-refractivity contribution is 5.94. The molecule has 33 heavy (non-hydrogen) atoms. The van der Waals surface area contributed by atoms with Crippen molar-refractivity contribution in [1.82, 2.24) is 14.9 Å². The topological polar surface area (TPSA) is 119 Å². The smallest absolute Gasteiger partial charge is 0.293 e. The van der Waals surface area contributed by atoms with Gasteiger partial charge >= 0.3 is 0 Å². The molecule has 1 aliphatic rings. The van der Waals surface area contributed by atoms with E-state index in [1.54, 1.807) is 29.2 Å². The zero-order chi connectivity index (χ0) is 23.2. The molecule has 1 fully saturated rings. The number of aliphatic hydroxyl groups excluding tert-OH is 1. The number of anilines is 1. The first-order valence-electron chi connectivity index (χ1n) is 10.2. The lowest BCUT2D eigenvalue weighted by molar-refractivity contribution is 0.00589. The summed E-state index contributed by atoms with van der Waals surface area (Å²) in [5.74, 6) is 11.0. The Morgan fingerprint density at radius 2 is 1.67 bits per heavy atom. The van der Waals surface area contributed by atoms with E-state index in [1.807, 2.05) is 24.3 Å². The molecule has 2 aromatic carbocycles. The maximum Gasteiger partial charge on any atom is 0.293 e. The Hall–Kier alpha value is -4.53. The Labute approximate surface area is 189 Å². The molecule has 3 aromatic rings. The highest BCUT2D eigenvalue weighted by Crippen LogP contribution is 2.14. The van der Waals surface area contributed by atoms with Crippen LogP contribution in [0, 0.1) is 23.7 Å². The van der Waals surface area contributed by atoms with Crippen molar-refractivity contribution in [2.45, 2.75) is 12.6 Å². The molecule has 0 radical (unpaired) electrons. The van der Waals surface area contributed by atoms with Gasteiger partial charge in [0, 0.05) is 35.5 Å². The second-order valence-electron chi connectivity index (χ2n) is 7.40. The van der Waals surface area contributed by atoms with Gasteiger partial charge in [0.25, 0.3) is 11.5 Å². The SMILES string of the molecule is O=C(c1ccc(C#CC#Cc2ccc(NCc3nc[nH]c(=O)c3O)cc2)cc1)N1CC(O)C1. The minimum atomic E-state index is -0.578. The number of carbonyl (C=O) groups excluding carboxylic acids is 1. The number of nitrogens with zero attached hydrogens (tertiary/aromatic N) is 2. The number of carbonyl (C=O) groups is 1. The quantitative estimate of drug-likeness (QED) is 0.455. The van der Waals surface area contributed by atoms with E-state index in [-0.39, 0.29) is 18.1 Å². The number of amides is 1. The Balaban J connectivity index is 1.31. The average molecular weight is 440 g/mol. The van der Waals surface area contributed by atoms with E-state index in [0.717, 1.165) is 16.8 Å². The monoisotopic (exact) mass is 440 g/mol. The zero-order valence-electron chi connectivity index (χ0n) is 17.5. The fraction of sp³-hybridized carbons (Fsp3) is 0.160. The van der Waals surface area contributed by atoms with Crippen molar-refractivity contribution < 1.29 is 15.0 Å². The number of aromatic amines is 1. The molecule has 8 heteroatoms. The molecule has 0 spiro atoms. The van der Waals surface area contributed by atoms with E-state index in [0.29, 0.717) is 18.7 Å². The molecule has 0 atom stereocenters. The fourth-order valence-electron chi connectivity index (χ4n) is 3.12. The van der Waals surface area contributed by atoms with Crippen LogP contribution in [0.15, 0.2) is 59.7 Å². The number of rotatable bonds is 4. The summed E-state index contributed by atoms with van der Waals surface area (Å²) in [5.41, 5.74) is 2.57. The minimum Gasteiger partial charge on any atom is -0.502 e. The van der Waals surface area contributed by atoms with Crippen molar-refractivity contribution >= 4 is 11.6 Å². The molecule has 1 saturated heterocycles. The van der Waals surface area contributed by atoms with Crippen molar-refractivity contribution in [2.75, 3.05) is 18.4 Å². The molecule has 1 aromatic heterocycles. The number of nitrogens with one attached hydrogen (secondary N) is 2. The second kappa shape index (κ2) is 9.73. The largest absolute Gasteiger partial charge is 0.502 e. The van der Waals surface area contributed by atoms with Gasteiger partial charge in [0.2, 0.25) is 5.75 Å². The van der Waals surface area contributed by atoms with Crippen LogP contribution < -0.4 is 10.9 Å². The van der Waals surface area contributed by atoms with Gasteiger partial charge in [-0.1, -0.05) is 11.8 Å². The zero-order valence-corrected chi connectivity index (χ0v) is 17.5. The summed E-state index contributed by atoms with van der Waals surface area (Å²) < 4.78 is 0. The van der Waals surface area contributed by atoms with Crippen molar-refractivity contribution in [3.8, 4) is 29.4 Å². The first-order chi connectivity index (χ1) is 16.0. The predicted octanol–water partition coefficient (Wildman–Crippen LogP) is 1.31. The van der Waals surface area contributed by atoms with Crippen LogP contribution in [0.25, 0.3) is 0 Å². The normalized spacial score (nSPS) is 12.6. The molecule has 8 nitrogen and oxygen atoms in total. The molecule has 0 aliphatic carbocycles. The summed E-state index contributed by atoms with van der Waals surface area (Å²) in [6, 6.07) is 14.3. The van der Waals surface area contributed by atoms with E-state index < -0.39 is 17.4 Å². The molecule has 0 unspecified atom stereocenters. The number of hydrogen-bond acceptors (Lipinski definition) is 6. The van der Waals surface area contributed by atoms with Crippen LogP contribution in [0.1, 0.15) is 27.2 Å². The van der Waals surface area contributed by atoms with Crippen LogP contribution in [0.5, 0.6) is 5.75 Å². The van der Waals surface area contributed by atoms with Crippen LogP contribution >= 0.6 is 0 Å². The predicted molar refractivity (Wildman–Crippen MR) is 122 cm³/mol. The van der Waals surface area contributed by atoms with Crippen molar-refractivity contribution in [3.05, 3.63) is 87.6 Å². The number of aromatic nitrogens is 2. The molecule has 164 valence electrons. The van der Waals surface area contributed by atoms with Gasteiger partial charge in [-0.25, -0.2) is 4.98 Å². The number of aliphatic hydroxyl groups is 1. The summed E-state index contributed by atoms with van der Waals surface area (Å²) in [6.45, 7) is 0.959. The maximum absolute atomic E-state index is 12.2. The lowest BCUT2D eigenvalue weighted by Gasteiger charge is -2.35. The molecule has 4 N–H and O–H groups in total. The van der Waals surface area contributed by atoms with Crippen LogP contribution in [-0.4, -0.2) is 50.2 Å². The van der Waals surface area contributed by atoms with Gasteiger partial charge in [-0.2, -0.15) is 0 Å². The fourth-order valence-corrected chi connectivity index (χ4v) is 3.12. The summed E-state index contributed by atoms with van der Waals surface area (Å²) >= 11 is 0. The molecule has 1 amide bonds. The average Bonchev–Trinajstić information content (AvgIpc) is 2.81. The first kappa shape index (κ1) is 21.7. The third kappa shape index (κ3) is 5.40. The van der Waals surface area contributed by atoms with Gasteiger partial charge in [-0.15, -0.1) is 0 Å². The Morgan fingerprint density at radius 1 is 1.06 bits per heavy atom. The Kier molecular flexibility index (Phi) is 6.40. The number of likely N-dealkylation sites (tertiary alicyclic amines) is 1. The van der Waals surface area contributed by atoms with E-state index in [9.17, 15) is 19.8 Å². The molecule has 1 aliphatic heterocycles. The van der Waals surface area contributed by atoms with Gasteiger partial charge in [-0.05, 0) is 60.4 Å². The molecular weight excluding hydrogens is 420 g/mol. The van der Waals surface area contributed by atoms with Gasteiger partial charge in [-0.3, -0.25) is 9.59 Å². The summed E-state index contributed by atoms with van der Waals surface area (Å²) in [4.78, 5) is 31.4. The highest BCUT2D eigenvalue weighted by Gasteiger charge is 2.29. The Bertz CT molecular complexity index is 1330. The van der Waals surface area contributed by atoms with Gasteiger partial charge in [0.05, 0.1) is 19.0 Å². The van der Waals surface area contributed by atoms with Crippen molar-refractivity contribution in [1.29, 1.82) is 0 Å². The van der Waals surface area contributed by atoms with Crippen molar-refractivity contribution in [2.24, 2.45) is 0 Å². The number of hydrogen-bond donors (Lipinski definition) is 4. The highest BCUT2D eigenvalue weighted by atomic mass is 16.3. The molecular formula is C25H20N4O4. The summed E-state index contributed by atoms with van der Waals surface area (Å²) in [5, 5.41) is 22.1. The van der Waals surface area contributed by atoms with Gasteiger partial charge < -0.3 is 25.4 Å². The van der Waals surface area contributed by atoms with Crippen LogP contribution in [-0.2, 0) is 6.54 Å². The third-order valence-corrected chi connectivity index (χ3v) is 5.01. The lowest BCUT2D eigenvalue weighted by atomic mass is 10.1. The molecule has 0 bridgehead atoms. The van der Waals surface area contributed by atoms with Crippen LogP contribution in [0.4, 0.5) is 5.69 Å². The van der Waals surface area contributed by atoms with E-state index in [2.05, 4.69) is 39.0 Å². The third-order valence-electron chi connectivity index (χ3n) is 5.01. The van der Waals surface area contributed by atoms with Gasteiger partial charge in [0.15, 0.2) is 0 Å². The Morgan fingerprint density at radius 3 is 2.27 bits per heavy atom. The number of benzene rings is 2. The second-order valence-corrected chi connectivity index (χ2v) is 7.40.